The molecule has 4 heteroatoms. The quantitative estimate of drug-likeness (QED) is 0.619. The predicted octanol–water partition coefficient (Wildman–Crippen LogP) is 3.41. The number of carbonyl (C=O) groups is 2. The molecule has 0 atom stereocenters. The highest BCUT2D eigenvalue weighted by molar-refractivity contribution is 5.91. The minimum absolute atomic E-state index is 0.229. The summed E-state index contributed by atoms with van der Waals surface area (Å²) < 4.78 is 5.04. The van der Waals surface area contributed by atoms with Gasteiger partial charge in [-0.25, -0.2) is 4.79 Å². The van der Waals surface area contributed by atoms with E-state index in [1.807, 2.05) is 12.1 Å². The highest BCUT2D eigenvalue weighted by Gasteiger charge is 2.10. The van der Waals surface area contributed by atoms with E-state index in [9.17, 15) is 9.59 Å². The molecule has 4 nitrogen and oxygen atoms in total. The summed E-state index contributed by atoms with van der Waals surface area (Å²) in [6, 6.07) is 7.26. The molecule has 0 unspecified atom stereocenters. The van der Waals surface area contributed by atoms with Gasteiger partial charge in [0.1, 0.15) is 0 Å². The molecule has 1 aromatic rings. The van der Waals surface area contributed by atoms with Gasteiger partial charge in [-0.15, -0.1) is 0 Å². The number of rotatable bonds is 7. The summed E-state index contributed by atoms with van der Waals surface area (Å²) in [6.07, 6.45) is 8.89. The molecular weight excluding hydrogens is 290 g/mol. The van der Waals surface area contributed by atoms with Crippen molar-refractivity contribution in [2.75, 3.05) is 13.2 Å². The Morgan fingerprint density at radius 3 is 2.61 bits per heavy atom. The fraction of sp³-hybridized carbons (Fsp3) is 0.474. The average molecular weight is 315 g/mol. The Hall–Kier alpha value is -2.10. The number of hydrogen-bond donors (Lipinski definition) is 1. The SMILES string of the molecule is CCc1ccc(C(=O)OCC(=O)NCCC2=CCCCC2)cc1. The maximum absolute atomic E-state index is 11.9. The lowest BCUT2D eigenvalue weighted by atomic mass is 9.97. The maximum atomic E-state index is 11.9. The average Bonchev–Trinajstić information content (AvgIpc) is 2.60. The molecule has 0 spiro atoms. The number of hydrogen-bond acceptors (Lipinski definition) is 3. The van der Waals surface area contributed by atoms with Crippen LogP contribution >= 0.6 is 0 Å². The van der Waals surface area contributed by atoms with Crippen LogP contribution in [-0.4, -0.2) is 25.0 Å². The molecule has 0 bridgehead atoms. The zero-order valence-corrected chi connectivity index (χ0v) is 13.8. The van der Waals surface area contributed by atoms with E-state index in [1.165, 1.54) is 18.4 Å². The van der Waals surface area contributed by atoms with E-state index in [4.69, 9.17) is 4.74 Å². The summed E-state index contributed by atoms with van der Waals surface area (Å²) in [7, 11) is 0. The molecule has 1 aliphatic rings. The second-order valence-corrected chi connectivity index (χ2v) is 5.83. The topological polar surface area (TPSA) is 55.4 Å². The Morgan fingerprint density at radius 1 is 1.17 bits per heavy atom. The number of carbonyl (C=O) groups excluding carboxylic acids is 2. The number of esters is 1. The maximum Gasteiger partial charge on any atom is 0.338 e. The third kappa shape index (κ3) is 5.89. The van der Waals surface area contributed by atoms with Crippen molar-refractivity contribution >= 4 is 11.9 Å². The van der Waals surface area contributed by atoms with Gasteiger partial charge in [-0.05, 0) is 56.2 Å². The first-order chi connectivity index (χ1) is 11.2. The van der Waals surface area contributed by atoms with Crippen molar-refractivity contribution in [1.82, 2.24) is 5.32 Å². The molecule has 0 saturated heterocycles. The standard InChI is InChI=1S/C19H25NO3/c1-2-15-8-10-17(11-9-15)19(22)23-14-18(21)20-13-12-16-6-4-3-5-7-16/h6,8-11H,2-5,7,12-14H2,1H3,(H,20,21). The first-order valence-electron chi connectivity index (χ1n) is 8.39. The molecule has 1 amide bonds. The zero-order chi connectivity index (χ0) is 16.5. The van der Waals surface area contributed by atoms with Crippen LogP contribution in [0.3, 0.4) is 0 Å². The van der Waals surface area contributed by atoms with Gasteiger partial charge in [0.05, 0.1) is 5.56 Å². The number of allylic oxidation sites excluding steroid dienone is 1. The van der Waals surface area contributed by atoms with Gasteiger partial charge in [0.15, 0.2) is 6.61 Å². The fourth-order valence-electron chi connectivity index (χ4n) is 2.64. The van der Waals surface area contributed by atoms with Crippen LogP contribution in [0.2, 0.25) is 0 Å². The molecule has 0 saturated carbocycles. The van der Waals surface area contributed by atoms with Gasteiger partial charge in [0.25, 0.3) is 5.91 Å². The van der Waals surface area contributed by atoms with Crippen molar-refractivity contribution < 1.29 is 14.3 Å². The summed E-state index contributed by atoms with van der Waals surface area (Å²) in [4.78, 5) is 23.6. The Balaban J connectivity index is 1.66. The van der Waals surface area contributed by atoms with E-state index in [0.29, 0.717) is 12.1 Å². The largest absolute Gasteiger partial charge is 0.452 e. The molecule has 1 N–H and O–H groups in total. The van der Waals surface area contributed by atoms with E-state index >= 15 is 0 Å². The van der Waals surface area contributed by atoms with Gasteiger partial charge < -0.3 is 10.1 Å². The van der Waals surface area contributed by atoms with Crippen LogP contribution in [0.15, 0.2) is 35.9 Å². The lowest BCUT2D eigenvalue weighted by molar-refractivity contribution is -0.124. The molecular formula is C19H25NO3. The van der Waals surface area contributed by atoms with Crippen molar-refractivity contribution in [1.29, 1.82) is 0 Å². The van der Waals surface area contributed by atoms with Crippen LogP contribution in [0.1, 0.15) is 54.9 Å². The lowest BCUT2D eigenvalue weighted by Crippen LogP contribution is -2.29. The Kier molecular flexibility index (Phi) is 6.85. The second kappa shape index (κ2) is 9.13. The van der Waals surface area contributed by atoms with E-state index < -0.39 is 5.97 Å². The smallest absolute Gasteiger partial charge is 0.338 e. The van der Waals surface area contributed by atoms with Crippen molar-refractivity contribution in [3.05, 3.63) is 47.0 Å². The summed E-state index contributed by atoms with van der Waals surface area (Å²) in [5, 5.41) is 2.80. The third-order valence-corrected chi connectivity index (χ3v) is 4.09. The second-order valence-electron chi connectivity index (χ2n) is 5.83. The van der Waals surface area contributed by atoms with Crippen molar-refractivity contribution in [2.45, 2.75) is 45.4 Å². The number of benzene rings is 1. The highest BCUT2D eigenvalue weighted by atomic mass is 16.5. The molecule has 0 aliphatic heterocycles. The number of nitrogens with one attached hydrogen (secondary N) is 1. The summed E-state index contributed by atoms with van der Waals surface area (Å²) in [5.74, 6) is -0.710. The van der Waals surface area contributed by atoms with E-state index in [0.717, 1.165) is 31.2 Å². The molecule has 1 aliphatic carbocycles. The highest BCUT2D eigenvalue weighted by Crippen LogP contribution is 2.19. The molecule has 0 fully saturated rings. The fourth-order valence-corrected chi connectivity index (χ4v) is 2.64. The molecule has 0 heterocycles. The molecule has 23 heavy (non-hydrogen) atoms. The van der Waals surface area contributed by atoms with E-state index in [-0.39, 0.29) is 12.5 Å². The zero-order valence-electron chi connectivity index (χ0n) is 13.8. The van der Waals surface area contributed by atoms with Gasteiger partial charge in [-0.1, -0.05) is 30.7 Å². The van der Waals surface area contributed by atoms with Crippen LogP contribution in [0, 0.1) is 0 Å². The summed E-state index contributed by atoms with van der Waals surface area (Å²) in [6.45, 7) is 2.43. The first-order valence-corrected chi connectivity index (χ1v) is 8.39. The molecule has 2 rings (SSSR count). The molecule has 0 radical (unpaired) electrons. The first kappa shape index (κ1) is 17.3. The number of amides is 1. The normalized spacial score (nSPS) is 14.0. The Morgan fingerprint density at radius 2 is 1.96 bits per heavy atom. The minimum Gasteiger partial charge on any atom is -0.452 e. The van der Waals surface area contributed by atoms with Gasteiger partial charge in [-0.2, -0.15) is 0 Å². The molecule has 1 aromatic carbocycles. The van der Waals surface area contributed by atoms with E-state index in [1.54, 1.807) is 12.1 Å². The van der Waals surface area contributed by atoms with Crippen molar-refractivity contribution in [3.63, 3.8) is 0 Å². The van der Waals surface area contributed by atoms with Crippen molar-refractivity contribution in [2.24, 2.45) is 0 Å². The van der Waals surface area contributed by atoms with Gasteiger partial charge in [-0.3, -0.25) is 4.79 Å². The van der Waals surface area contributed by atoms with Gasteiger partial charge >= 0.3 is 5.97 Å². The molecule has 0 aromatic heterocycles. The van der Waals surface area contributed by atoms with E-state index in [2.05, 4.69) is 18.3 Å². The van der Waals surface area contributed by atoms with Crippen LogP contribution < -0.4 is 5.32 Å². The monoisotopic (exact) mass is 315 g/mol. The van der Waals surface area contributed by atoms with Crippen LogP contribution in [-0.2, 0) is 16.0 Å². The van der Waals surface area contributed by atoms with Crippen molar-refractivity contribution in [3.8, 4) is 0 Å². The Bertz CT molecular complexity index is 560. The third-order valence-electron chi connectivity index (χ3n) is 4.09. The Labute approximate surface area is 137 Å². The van der Waals surface area contributed by atoms with Crippen LogP contribution in [0.4, 0.5) is 0 Å². The number of ether oxygens (including phenoxy) is 1. The van der Waals surface area contributed by atoms with Gasteiger partial charge in [0.2, 0.25) is 0 Å². The van der Waals surface area contributed by atoms with Crippen LogP contribution in [0.5, 0.6) is 0 Å². The number of aryl methyl sites for hydroxylation is 1. The van der Waals surface area contributed by atoms with Gasteiger partial charge in [0, 0.05) is 6.54 Å². The minimum atomic E-state index is -0.460. The lowest BCUT2D eigenvalue weighted by Gasteiger charge is -2.13. The molecule has 124 valence electrons. The summed E-state index contributed by atoms with van der Waals surface area (Å²) >= 11 is 0. The van der Waals surface area contributed by atoms with Crippen LogP contribution in [0.25, 0.3) is 0 Å². The summed E-state index contributed by atoms with van der Waals surface area (Å²) in [5.41, 5.74) is 3.06. The predicted molar refractivity (Wildman–Crippen MR) is 90.3 cm³/mol.